The van der Waals surface area contributed by atoms with Gasteiger partial charge in [-0.15, -0.1) is 0 Å². The van der Waals surface area contributed by atoms with E-state index in [1.54, 1.807) is 6.20 Å². The fourth-order valence-electron chi connectivity index (χ4n) is 2.37. The van der Waals surface area contributed by atoms with Gasteiger partial charge in [-0.1, -0.05) is 30.3 Å². The molecule has 1 aromatic carbocycles. The molecule has 0 spiro atoms. The molecule has 25 heavy (non-hydrogen) atoms. The topological polar surface area (TPSA) is 79.0 Å². The van der Waals surface area contributed by atoms with Gasteiger partial charge in [0, 0.05) is 18.2 Å². The van der Waals surface area contributed by atoms with Crippen molar-refractivity contribution in [2.75, 3.05) is 5.32 Å². The highest BCUT2D eigenvalue weighted by molar-refractivity contribution is 5.84. The standard InChI is InChI=1S/C19H28N4O2/c1-14(10-11-15-8-6-5-7-9-15)20-12-16-13-21-23-17(16)22-18(24)25-19(2,3)4/h5-9,13-14,20H,10-12H2,1-4H3,(H2,21,22,23,24). The average molecular weight is 344 g/mol. The molecule has 0 aliphatic rings. The molecule has 1 heterocycles. The summed E-state index contributed by atoms with van der Waals surface area (Å²) in [5.74, 6) is 0.567. The lowest BCUT2D eigenvalue weighted by Crippen LogP contribution is -2.29. The molecule has 0 bridgehead atoms. The fourth-order valence-corrected chi connectivity index (χ4v) is 2.37. The first-order valence-corrected chi connectivity index (χ1v) is 8.63. The van der Waals surface area contributed by atoms with Crippen LogP contribution in [0.4, 0.5) is 10.6 Å². The number of benzene rings is 1. The normalized spacial score (nSPS) is 12.6. The third-order valence-corrected chi connectivity index (χ3v) is 3.69. The van der Waals surface area contributed by atoms with E-state index in [-0.39, 0.29) is 0 Å². The minimum atomic E-state index is -0.533. The summed E-state index contributed by atoms with van der Waals surface area (Å²) in [4.78, 5) is 11.9. The average Bonchev–Trinajstić information content (AvgIpc) is 2.97. The summed E-state index contributed by atoms with van der Waals surface area (Å²) >= 11 is 0. The summed E-state index contributed by atoms with van der Waals surface area (Å²) in [6.07, 6.45) is 3.29. The first kappa shape index (κ1) is 19.0. The number of hydrogen-bond donors (Lipinski definition) is 3. The smallest absolute Gasteiger partial charge is 0.413 e. The number of aryl methyl sites for hydroxylation is 1. The maximum absolute atomic E-state index is 11.9. The van der Waals surface area contributed by atoms with Crippen LogP contribution < -0.4 is 10.6 Å². The largest absolute Gasteiger partial charge is 0.444 e. The van der Waals surface area contributed by atoms with E-state index in [1.807, 2.05) is 26.8 Å². The van der Waals surface area contributed by atoms with Crippen molar-refractivity contribution in [2.24, 2.45) is 0 Å². The molecule has 0 aliphatic carbocycles. The fraction of sp³-hybridized carbons (Fsp3) is 0.474. The number of hydrogen-bond acceptors (Lipinski definition) is 4. The highest BCUT2D eigenvalue weighted by atomic mass is 16.6. The van der Waals surface area contributed by atoms with Gasteiger partial charge in [-0.2, -0.15) is 5.10 Å². The number of carbonyl (C=O) groups excluding carboxylic acids is 1. The number of ether oxygens (including phenoxy) is 1. The summed E-state index contributed by atoms with van der Waals surface area (Å²) in [6.45, 7) is 8.27. The molecule has 0 aliphatic heterocycles. The van der Waals surface area contributed by atoms with Gasteiger partial charge in [0.25, 0.3) is 0 Å². The van der Waals surface area contributed by atoms with E-state index in [0.717, 1.165) is 18.4 Å². The molecule has 0 radical (unpaired) electrons. The van der Waals surface area contributed by atoms with Crippen molar-refractivity contribution in [3.05, 3.63) is 47.7 Å². The maximum Gasteiger partial charge on any atom is 0.413 e. The number of carbonyl (C=O) groups is 1. The molecule has 1 unspecified atom stereocenters. The second kappa shape index (κ2) is 8.67. The van der Waals surface area contributed by atoms with Gasteiger partial charge in [0.05, 0.1) is 6.20 Å². The summed E-state index contributed by atoms with van der Waals surface area (Å²) < 4.78 is 5.26. The summed E-state index contributed by atoms with van der Waals surface area (Å²) in [6, 6.07) is 10.8. The van der Waals surface area contributed by atoms with E-state index in [2.05, 4.69) is 52.0 Å². The van der Waals surface area contributed by atoms with E-state index in [0.29, 0.717) is 18.4 Å². The van der Waals surface area contributed by atoms with Crippen LogP contribution in [0.3, 0.4) is 0 Å². The Balaban J connectivity index is 1.79. The Morgan fingerprint density at radius 1 is 1.28 bits per heavy atom. The molecule has 0 fully saturated rings. The summed E-state index contributed by atoms with van der Waals surface area (Å²) in [5, 5.41) is 13.0. The van der Waals surface area contributed by atoms with E-state index in [9.17, 15) is 4.79 Å². The highest BCUT2D eigenvalue weighted by Crippen LogP contribution is 2.14. The minimum absolute atomic E-state index is 0.351. The Hall–Kier alpha value is -2.34. The zero-order valence-corrected chi connectivity index (χ0v) is 15.4. The molecule has 6 nitrogen and oxygen atoms in total. The van der Waals surface area contributed by atoms with Crippen LogP contribution in [0.15, 0.2) is 36.5 Å². The molecule has 1 amide bonds. The Labute approximate surface area is 149 Å². The predicted octanol–water partition coefficient (Wildman–Crippen LogP) is 3.87. The Morgan fingerprint density at radius 3 is 2.68 bits per heavy atom. The first-order chi connectivity index (χ1) is 11.8. The molecule has 2 aromatic rings. The second-order valence-electron chi connectivity index (χ2n) is 7.20. The molecule has 1 aromatic heterocycles. The third kappa shape index (κ3) is 6.97. The van der Waals surface area contributed by atoms with Crippen LogP contribution in [0, 0.1) is 0 Å². The SMILES string of the molecule is CC(CCc1ccccc1)NCc1cn[nH]c1NC(=O)OC(C)(C)C. The van der Waals surface area contributed by atoms with Crippen molar-refractivity contribution in [1.29, 1.82) is 0 Å². The number of aromatic amines is 1. The van der Waals surface area contributed by atoms with Gasteiger partial charge in [0.15, 0.2) is 0 Å². The van der Waals surface area contributed by atoms with Crippen LogP contribution in [0.25, 0.3) is 0 Å². The number of nitrogens with one attached hydrogen (secondary N) is 3. The van der Waals surface area contributed by atoms with E-state index in [4.69, 9.17) is 4.74 Å². The number of rotatable bonds is 7. The molecular formula is C19H28N4O2. The molecule has 1 atom stereocenters. The van der Waals surface area contributed by atoms with Crippen molar-refractivity contribution < 1.29 is 9.53 Å². The molecule has 6 heteroatoms. The summed E-state index contributed by atoms with van der Waals surface area (Å²) in [5.41, 5.74) is 1.71. The number of aromatic nitrogens is 2. The van der Waals surface area contributed by atoms with Crippen molar-refractivity contribution >= 4 is 11.9 Å². The number of amides is 1. The van der Waals surface area contributed by atoms with Gasteiger partial charge >= 0.3 is 6.09 Å². The van der Waals surface area contributed by atoms with Gasteiger partial charge in [0.2, 0.25) is 0 Å². The molecule has 136 valence electrons. The van der Waals surface area contributed by atoms with E-state index in [1.165, 1.54) is 5.56 Å². The number of H-pyrrole nitrogens is 1. The van der Waals surface area contributed by atoms with Crippen LogP contribution in [0.5, 0.6) is 0 Å². The van der Waals surface area contributed by atoms with Gasteiger partial charge in [-0.3, -0.25) is 10.4 Å². The van der Waals surface area contributed by atoms with Gasteiger partial charge in [-0.25, -0.2) is 4.79 Å². The van der Waals surface area contributed by atoms with E-state index >= 15 is 0 Å². The molecule has 0 saturated carbocycles. The Kier molecular flexibility index (Phi) is 6.58. The third-order valence-electron chi connectivity index (χ3n) is 3.69. The first-order valence-electron chi connectivity index (χ1n) is 8.63. The lowest BCUT2D eigenvalue weighted by atomic mass is 10.1. The van der Waals surface area contributed by atoms with Crippen molar-refractivity contribution in [3.63, 3.8) is 0 Å². The van der Waals surface area contributed by atoms with Gasteiger partial charge in [-0.05, 0) is 46.1 Å². The highest BCUT2D eigenvalue weighted by Gasteiger charge is 2.18. The Morgan fingerprint density at radius 2 is 2.00 bits per heavy atom. The van der Waals surface area contributed by atoms with Crippen LogP contribution in [0.2, 0.25) is 0 Å². The van der Waals surface area contributed by atoms with Crippen molar-refractivity contribution in [3.8, 4) is 0 Å². The lowest BCUT2D eigenvalue weighted by Gasteiger charge is -2.19. The molecule has 0 saturated heterocycles. The molecular weight excluding hydrogens is 316 g/mol. The minimum Gasteiger partial charge on any atom is -0.444 e. The van der Waals surface area contributed by atoms with Crippen molar-refractivity contribution in [1.82, 2.24) is 15.5 Å². The second-order valence-corrected chi connectivity index (χ2v) is 7.20. The molecule has 2 rings (SSSR count). The van der Waals surface area contributed by atoms with Crippen molar-refractivity contribution in [2.45, 2.75) is 58.7 Å². The lowest BCUT2D eigenvalue weighted by molar-refractivity contribution is 0.0635. The monoisotopic (exact) mass is 344 g/mol. The van der Waals surface area contributed by atoms with Crippen LogP contribution in [0.1, 0.15) is 45.2 Å². The molecule has 3 N–H and O–H groups in total. The zero-order valence-electron chi connectivity index (χ0n) is 15.4. The zero-order chi connectivity index (χ0) is 18.3. The van der Waals surface area contributed by atoms with Crippen LogP contribution in [-0.2, 0) is 17.7 Å². The van der Waals surface area contributed by atoms with Gasteiger partial charge in [0.1, 0.15) is 11.4 Å². The Bertz CT molecular complexity index is 662. The summed E-state index contributed by atoms with van der Waals surface area (Å²) in [7, 11) is 0. The van der Waals surface area contributed by atoms with Crippen LogP contribution in [-0.4, -0.2) is 27.9 Å². The quantitative estimate of drug-likeness (QED) is 0.712. The maximum atomic E-state index is 11.9. The number of nitrogens with zero attached hydrogens (tertiary/aromatic N) is 1. The van der Waals surface area contributed by atoms with Crippen LogP contribution >= 0.6 is 0 Å². The van der Waals surface area contributed by atoms with E-state index < -0.39 is 11.7 Å². The number of anilines is 1. The van der Waals surface area contributed by atoms with Gasteiger partial charge < -0.3 is 10.1 Å². The predicted molar refractivity (Wildman–Crippen MR) is 99.5 cm³/mol.